The van der Waals surface area contributed by atoms with E-state index < -0.39 is 0 Å². The number of carbonyl (C=O) groups is 1. The number of rotatable bonds is 4. The van der Waals surface area contributed by atoms with Crippen LogP contribution in [0, 0.1) is 5.92 Å². The normalized spacial score (nSPS) is 18.5. The standard InChI is InChI=1S/C22H28N2OS/c1-16(2)24-14-19-13-20(26-21(19)15-24)22(25)23-10-8-18(9-11-23)12-17-6-4-3-5-7-17/h3-7,13,16,18H,8-12,14-15H2,1-2H3. The molecule has 2 aromatic rings. The van der Waals surface area contributed by atoms with Crippen LogP contribution in [0.15, 0.2) is 36.4 Å². The summed E-state index contributed by atoms with van der Waals surface area (Å²) in [6.07, 6.45) is 3.38. The second kappa shape index (κ2) is 7.53. The van der Waals surface area contributed by atoms with E-state index in [1.165, 1.54) is 16.0 Å². The Hall–Kier alpha value is -1.65. The summed E-state index contributed by atoms with van der Waals surface area (Å²) >= 11 is 1.72. The molecule has 26 heavy (non-hydrogen) atoms. The molecule has 4 heteroatoms. The number of benzene rings is 1. The molecule has 4 rings (SSSR count). The first kappa shape index (κ1) is 17.7. The molecule has 0 saturated carbocycles. The quantitative estimate of drug-likeness (QED) is 0.789. The van der Waals surface area contributed by atoms with Gasteiger partial charge in [0.2, 0.25) is 0 Å². The molecule has 1 amide bonds. The minimum atomic E-state index is 0.249. The predicted molar refractivity (Wildman–Crippen MR) is 107 cm³/mol. The van der Waals surface area contributed by atoms with Gasteiger partial charge < -0.3 is 4.90 Å². The van der Waals surface area contributed by atoms with Crippen LogP contribution in [0.1, 0.15) is 52.4 Å². The van der Waals surface area contributed by atoms with E-state index in [1.54, 1.807) is 11.3 Å². The maximum absolute atomic E-state index is 12.9. The highest BCUT2D eigenvalue weighted by Gasteiger charge is 2.29. The molecule has 3 heterocycles. The number of hydrogen-bond acceptors (Lipinski definition) is 3. The largest absolute Gasteiger partial charge is 0.338 e. The minimum absolute atomic E-state index is 0.249. The van der Waals surface area contributed by atoms with Crippen LogP contribution in [0.5, 0.6) is 0 Å². The van der Waals surface area contributed by atoms with Crippen molar-refractivity contribution < 1.29 is 4.79 Å². The predicted octanol–water partition coefficient (Wildman–Crippen LogP) is 4.57. The summed E-state index contributed by atoms with van der Waals surface area (Å²) in [5, 5.41) is 0. The molecule has 2 aliphatic rings. The first-order valence-electron chi connectivity index (χ1n) is 9.79. The van der Waals surface area contributed by atoms with Crippen molar-refractivity contribution in [2.45, 2.75) is 52.2 Å². The molecule has 1 aromatic carbocycles. The summed E-state index contributed by atoms with van der Waals surface area (Å²) in [4.78, 5) is 19.8. The van der Waals surface area contributed by atoms with Crippen molar-refractivity contribution in [2.75, 3.05) is 13.1 Å². The summed E-state index contributed by atoms with van der Waals surface area (Å²) < 4.78 is 0. The van der Waals surface area contributed by atoms with Crippen LogP contribution in [0.2, 0.25) is 0 Å². The molecule has 2 aliphatic heterocycles. The second-order valence-electron chi connectivity index (χ2n) is 7.98. The van der Waals surface area contributed by atoms with Gasteiger partial charge in [-0.2, -0.15) is 0 Å². The number of carbonyl (C=O) groups excluding carboxylic acids is 1. The highest BCUT2D eigenvalue weighted by molar-refractivity contribution is 7.14. The summed E-state index contributed by atoms with van der Waals surface area (Å²) in [6.45, 7) is 8.28. The Labute approximate surface area is 160 Å². The number of fused-ring (bicyclic) bond motifs is 1. The maximum Gasteiger partial charge on any atom is 0.263 e. The van der Waals surface area contributed by atoms with Gasteiger partial charge in [-0.1, -0.05) is 30.3 Å². The van der Waals surface area contributed by atoms with E-state index in [0.29, 0.717) is 12.0 Å². The summed E-state index contributed by atoms with van der Waals surface area (Å²) in [5.41, 5.74) is 2.78. The number of nitrogens with zero attached hydrogens (tertiary/aromatic N) is 2. The molecule has 0 N–H and O–H groups in total. The summed E-state index contributed by atoms with van der Waals surface area (Å²) in [6, 6.07) is 13.5. The Morgan fingerprint density at radius 3 is 2.54 bits per heavy atom. The van der Waals surface area contributed by atoms with Crippen LogP contribution < -0.4 is 0 Å². The molecule has 1 aromatic heterocycles. The fraction of sp³-hybridized carbons (Fsp3) is 0.500. The van der Waals surface area contributed by atoms with Crippen molar-refractivity contribution in [1.29, 1.82) is 0 Å². The Kier molecular flexibility index (Phi) is 5.14. The molecular formula is C22H28N2OS. The van der Waals surface area contributed by atoms with Crippen LogP contribution in [-0.2, 0) is 19.5 Å². The number of hydrogen-bond donors (Lipinski definition) is 0. The first-order valence-corrected chi connectivity index (χ1v) is 10.6. The van der Waals surface area contributed by atoms with Gasteiger partial charge in [-0.3, -0.25) is 9.69 Å². The van der Waals surface area contributed by atoms with Gasteiger partial charge >= 0.3 is 0 Å². The van der Waals surface area contributed by atoms with Gasteiger partial charge in [-0.15, -0.1) is 11.3 Å². The van der Waals surface area contributed by atoms with Crippen molar-refractivity contribution in [1.82, 2.24) is 9.80 Å². The van der Waals surface area contributed by atoms with E-state index in [0.717, 1.165) is 50.3 Å². The van der Waals surface area contributed by atoms with Gasteiger partial charge in [0, 0.05) is 37.1 Å². The van der Waals surface area contributed by atoms with Gasteiger partial charge in [-0.05, 0) is 56.2 Å². The highest BCUT2D eigenvalue weighted by Crippen LogP contribution is 2.33. The Bertz CT molecular complexity index is 736. The third-order valence-corrected chi connectivity index (χ3v) is 6.98. The van der Waals surface area contributed by atoms with Crippen LogP contribution in [0.25, 0.3) is 0 Å². The molecule has 0 spiro atoms. The zero-order valence-corrected chi connectivity index (χ0v) is 16.6. The zero-order valence-electron chi connectivity index (χ0n) is 15.8. The number of piperidine rings is 1. The van der Waals surface area contributed by atoms with Crippen molar-refractivity contribution in [3.05, 3.63) is 57.3 Å². The van der Waals surface area contributed by atoms with Gasteiger partial charge in [0.05, 0.1) is 4.88 Å². The Morgan fingerprint density at radius 2 is 1.88 bits per heavy atom. The fourth-order valence-corrected chi connectivity index (χ4v) is 5.28. The average molecular weight is 369 g/mol. The van der Waals surface area contributed by atoms with Crippen LogP contribution in [0.4, 0.5) is 0 Å². The van der Waals surface area contributed by atoms with Gasteiger partial charge in [0.15, 0.2) is 0 Å². The number of thiophene rings is 1. The van der Waals surface area contributed by atoms with Gasteiger partial charge in [0.1, 0.15) is 0 Å². The monoisotopic (exact) mass is 368 g/mol. The summed E-state index contributed by atoms with van der Waals surface area (Å²) in [5.74, 6) is 0.952. The van der Waals surface area contributed by atoms with Gasteiger partial charge in [-0.25, -0.2) is 0 Å². The van der Waals surface area contributed by atoms with Crippen molar-refractivity contribution in [2.24, 2.45) is 5.92 Å². The topological polar surface area (TPSA) is 23.6 Å². The number of likely N-dealkylation sites (tertiary alicyclic amines) is 1. The average Bonchev–Trinajstić information content (AvgIpc) is 3.22. The SMILES string of the molecule is CC(C)N1Cc2cc(C(=O)N3CCC(Cc4ccccc4)CC3)sc2C1. The van der Waals surface area contributed by atoms with Crippen molar-refractivity contribution in [3.8, 4) is 0 Å². The fourth-order valence-electron chi connectivity index (χ4n) is 4.11. The third kappa shape index (κ3) is 3.72. The van der Waals surface area contributed by atoms with Crippen molar-refractivity contribution >= 4 is 17.2 Å². The van der Waals surface area contributed by atoms with E-state index in [2.05, 4.69) is 60.0 Å². The van der Waals surface area contributed by atoms with E-state index in [9.17, 15) is 4.79 Å². The van der Waals surface area contributed by atoms with E-state index >= 15 is 0 Å². The molecule has 0 bridgehead atoms. The first-order chi connectivity index (χ1) is 12.6. The lowest BCUT2D eigenvalue weighted by Gasteiger charge is -2.32. The molecule has 0 atom stereocenters. The smallest absolute Gasteiger partial charge is 0.263 e. The van der Waals surface area contributed by atoms with E-state index in [4.69, 9.17) is 0 Å². The lowest BCUT2D eigenvalue weighted by atomic mass is 9.90. The van der Waals surface area contributed by atoms with Crippen LogP contribution in [0.3, 0.4) is 0 Å². The molecular weight excluding hydrogens is 340 g/mol. The number of amides is 1. The van der Waals surface area contributed by atoms with E-state index in [-0.39, 0.29) is 5.91 Å². The van der Waals surface area contributed by atoms with Crippen LogP contribution in [-0.4, -0.2) is 34.8 Å². The maximum atomic E-state index is 12.9. The van der Waals surface area contributed by atoms with Gasteiger partial charge in [0.25, 0.3) is 5.91 Å². The zero-order chi connectivity index (χ0) is 18.1. The van der Waals surface area contributed by atoms with Crippen LogP contribution >= 0.6 is 11.3 Å². The molecule has 138 valence electrons. The van der Waals surface area contributed by atoms with E-state index in [1.807, 2.05) is 0 Å². The lowest BCUT2D eigenvalue weighted by molar-refractivity contribution is 0.0695. The molecule has 1 fully saturated rings. The lowest BCUT2D eigenvalue weighted by Crippen LogP contribution is -2.38. The molecule has 0 unspecified atom stereocenters. The minimum Gasteiger partial charge on any atom is -0.338 e. The molecule has 3 nitrogen and oxygen atoms in total. The highest BCUT2D eigenvalue weighted by atomic mass is 32.1. The Balaban J connectivity index is 1.33. The van der Waals surface area contributed by atoms with Crippen molar-refractivity contribution in [3.63, 3.8) is 0 Å². The summed E-state index contributed by atoms with van der Waals surface area (Å²) in [7, 11) is 0. The third-order valence-electron chi connectivity index (χ3n) is 5.83. The molecule has 0 radical (unpaired) electrons. The Morgan fingerprint density at radius 1 is 1.15 bits per heavy atom. The second-order valence-corrected chi connectivity index (χ2v) is 9.12. The molecule has 0 aliphatic carbocycles. The molecule has 1 saturated heterocycles.